The second-order valence-corrected chi connectivity index (χ2v) is 4.64. The number of carbonyl (C=O) groups is 1. The molecule has 0 heterocycles. The minimum Gasteiger partial charge on any atom is -0.324 e. The van der Waals surface area contributed by atoms with E-state index in [1.807, 2.05) is 12.1 Å². The molecule has 4 nitrogen and oxygen atoms in total. The van der Waals surface area contributed by atoms with Crippen LogP contribution in [0.2, 0.25) is 0 Å². The zero-order valence-corrected chi connectivity index (χ0v) is 10.7. The maximum Gasteiger partial charge on any atom is 0.238 e. The van der Waals surface area contributed by atoms with Crippen LogP contribution in [0.5, 0.6) is 0 Å². The first-order valence-corrected chi connectivity index (χ1v) is 5.78. The van der Waals surface area contributed by atoms with Crippen LogP contribution in [-0.2, 0) is 4.79 Å². The third-order valence-corrected chi connectivity index (χ3v) is 2.82. The van der Waals surface area contributed by atoms with Crippen LogP contribution in [0.25, 0.3) is 0 Å². The molecule has 1 amide bonds. The summed E-state index contributed by atoms with van der Waals surface area (Å²) in [6.07, 6.45) is 0.230. The van der Waals surface area contributed by atoms with Gasteiger partial charge in [0.15, 0.2) is 0 Å². The smallest absolute Gasteiger partial charge is 0.238 e. The van der Waals surface area contributed by atoms with Crippen molar-refractivity contribution in [2.75, 3.05) is 7.05 Å². The van der Waals surface area contributed by atoms with Gasteiger partial charge < -0.3 is 5.73 Å². The van der Waals surface area contributed by atoms with E-state index in [1.165, 1.54) is 12.6 Å². The summed E-state index contributed by atoms with van der Waals surface area (Å²) < 4.78 is 0. The standard InChI is InChI=1S/C13H21N3O/c1-9(2)10-4-6-11(7-5-10)12(14)8-13(17)16(3)15/h4-7,9,12H,8,14-15H2,1-3H3. The summed E-state index contributed by atoms with van der Waals surface area (Å²) in [6, 6.07) is 7.76. The van der Waals surface area contributed by atoms with Gasteiger partial charge in [-0.3, -0.25) is 9.80 Å². The Hall–Kier alpha value is -1.39. The summed E-state index contributed by atoms with van der Waals surface area (Å²) in [4.78, 5) is 11.4. The minimum absolute atomic E-state index is 0.162. The van der Waals surface area contributed by atoms with E-state index in [4.69, 9.17) is 11.6 Å². The van der Waals surface area contributed by atoms with Crippen molar-refractivity contribution in [3.05, 3.63) is 35.4 Å². The van der Waals surface area contributed by atoms with E-state index >= 15 is 0 Å². The van der Waals surface area contributed by atoms with Crippen molar-refractivity contribution >= 4 is 5.91 Å². The summed E-state index contributed by atoms with van der Waals surface area (Å²) in [5, 5.41) is 1.07. The number of hydrogen-bond donors (Lipinski definition) is 2. The molecule has 17 heavy (non-hydrogen) atoms. The van der Waals surface area contributed by atoms with Crippen molar-refractivity contribution in [2.24, 2.45) is 11.6 Å². The van der Waals surface area contributed by atoms with Gasteiger partial charge in [0.25, 0.3) is 0 Å². The SMILES string of the molecule is CC(C)c1ccc(C(N)CC(=O)N(C)N)cc1. The second-order valence-electron chi connectivity index (χ2n) is 4.64. The molecule has 1 atom stereocenters. The number of nitrogens with two attached hydrogens (primary N) is 2. The van der Waals surface area contributed by atoms with Gasteiger partial charge >= 0.3 is 0 Å². The van der Waals surface area contributed by atoms with E-state index in [2.05, 4.69) is 26.0 Å². The van der Waals surface area contributed by atoms with Crippen LogP contribution in [0.4, 0.5) is 0 Å². The van der Waals surface area contributed by atoms with E-state index in [-0.39, 0.29) is 18.4 Å². The molecule has 0 aliphatic heterocycles. The van der Waals surface area contributed by atoms with Crippen molar-refractivity contribution in [3.8, 4) is 0 Å². The van der Waals surface area contributed by atoms with Gasteiger partial charge in [0.1, 0.15) is 0 Å². The second kappa shape index (κ2) is 5.80. The van der Waals surface area contributed by atoms with Gasteiger partial charge in [-0.1, -0.05) is 38.1 Å². The molecule has 0 spiro atoms. The summed E-state index contributed by atoms with van der Waals surface area (Å²) in [5.74, 6) is 5.69. The molecule has 0 aliphatic carbocycles. The van der Waals surface area contributed by atoms with Crippen molar-refractivity contribution in [3.63, 3.8) is 0 Å². The molecule has 1 aromatic carbocycles. The lowest BCUT2D eigenvalue weighted by molar-refractivity contribution is -0.130. The maximum atomic E-state index is 11.4. The molecule has 0 saturated heterocycles. The van der Waals surface area contributed by atoms with Crippen molar-refractivity contribution in [1.82, 2.24) is 5.01 Å². The number of benzene rings is 1. The van der Waals surface area contributed by atoms with Gasteiger partial charge in [-0.2, -0.15) is 0 Å². The van der Waals surface area contributed by atoms with Crippen LogP contribution >= 0.6 is 0 Å². The molecule has 0 aliphatic rings. The molecule has 4 N–H and O–H groups in total. The van der Waals surface area contributed by atoms with E-state index < -0.39 is 0 Å². The summed E-state index contributed by atoms with van der Waals surface area (Å²) in [7, 11) is 1.52. The van der Waals surface area contributed by atoms with E-state index in [9.17, 15) is 4.79 Å². The molecule has 0 aromatic heterocycles. The molecule has 0 saturated carbocycles. The topological polar surface area (TPSA) is 72.4 Å². The minimum atomic E-state index is -0.297. The summed E-state index contributed by atoms with van der Waals surface area (Å²) in [5.41, 5.74) is 8.19. The van der Waals surface area contributed by atoms with Crippen LogP contribution < -0.4 is 11.6 Å². The zero-order chi connectivity index (χ0) is 13.0. The van der Waals surface area contributed by atoms with Crippen LogP contribution in [0, 0.1) is 0 Å². The molecule has 0 fully saturated rings. The first-order chi connectivity index (χ1) is 7.91. The highest BCUT2D eigenvalue weighted by Gasteiger charge is 2.13. The van der Waals surface area contributed by atoms with Crippen molar-refractivity contribution < 1.29 is 4.79 Å². The molecule has 0 bridgehead atoms. The molecule has 1 aromatic rings. The normalized spacial score (nSPS) is 12.6. The van der Waals surface area contributed by atoms with Crippen molar-refractivity contribution in [1.29, 1.82) is 0 Å². The number of hydrazine groups is 1. The quantitative estimate of drug-likeness (QED) is 0.472. The van der Waals surface area contributed by atoms with E-state index in [1.54, 1.807) is 0 Å². The highest BCUT2D eigenvalue weighted by molar-refractivity contribution is 5.76. The number of nitrogens with zero attached hydrogens (tertiary/aromatic N) is 1. The van der Waals surface area contributed by atoms with Gasteiger partial charge in [0.2, 0.25) is 5.91 Å². The fraction of sp³-hybridized carbons (Fsp3) is 0.462. The largest absolute Gasteiger partial charge is 0.324 e. The number of carbonyl (C=O) groups excluding carboxylic acids is 1. The number of amides is 1. The van der Waals surface area contributed by atoms with Gasteiger partial charge in [-0.15, -0.1) is 0 Å². The maximum absolute atomic E-state index is 11.4. The van der Waals surface area contributed by atoms with Gasteiger partial charge in [-0.05, 0) is 17.0 Å². The van der Waals surface area contributed by atoms with E-state index in [0.717, 1.165) is 10.6 Å². The first kappa shape index (κ1) is 13.7. The number of hydrogen-bond acceptors (Lipinski definition) is 3. The zero-order valence-electron chi connectivity index (χ0n) is 10.7. The Morgan fingerprint density at radius 3 is 2.12 bits per heavy atom. The monoisotopic (exact) mass is 235 g/mol. The van der Waals surface area contributed by atoms with Gasteiger partial charge in [0, 0.05) is 19.5 Å². The predicted molar refractivity (Wildman–Crippen MR) is 69.0 cm³/mol. The molecular weight excluding hydrogens is 214 g/mol. The number of rotatable bonds is 4. The first-order valence-electron chi connectivity index (χ1n) is 5.78. The Morgan fingerprint density at radius 1 is 1.24 bits per heavy atom. The highest BCUT2D eigenvalue weighted by atomic mass is 16.2. The van der Waals surface area contributed by atoms with E-state index in [0.29, 0.717) is 5.92 Å². The highest BCUT2D eigenvalue weighted by Crippen LogP contribution is 2.19. The van der Waals surface area contributed by atoms with Crippen LogP contribution in [0.1, 0.15) is 43.4 Å². The Kier molecular flexibility index (Phi) is 4.66. The summed E-state index contributed by atoms with van der Waals surface area (Å²) in [6.45, 7) is 4.28. The predicted octanol–water partition coefficient (Wildman–Crippen LogP) is 1.53. The van der Waals surface area contributed by atoms with Crippen LogP contribution in [0.3, 0.4) is 0 Å². The fourth-order valence-corrected chi connectivity index (χ4v) is 1.58. The van der Waals surface area contributed by atoms with Gasteiger partial charge in [0.05, 0.1) is 0 Å². The third kappa shape index (κ3) is 3.84. The molecule has 0 radical (unpaired) electrons. The lowest BCUT2D eigenvalue weighted by atomic mass is 9.98. The molecule has 4 heteroatoms. The van der Waals surface area contributed by atoms with Crippen molar-refractivity contribution in [2.45, 2.75) is 32.2 Å². The summed E-state index contributed by atoms with van der Waals surface area (Å²) >= 11 is 0. The van der Waals surface area contributed by atoms with Crippen LogP contribution in [0.15, 0.2) is 24.3 Å². The fourth-order valence-electron chi connectivity index (χ4n) is 1.58. The Labute approximate surface area is 103 Å². The third-order valence-electron chi connectivity index (χ3n) is 2.82. The van der Waals surface area contributed by atoms with Crippen LogP contribution in [-0.4, -0.2) is 18.0 Å². The molecular formula is C13H21N3O. The lowest BCUT2D eigenvalue weighted by Gasteiger charge is -2.16. The Morgan fingerprint density at radius 2 is 1.71 bits per heavy atom. The Bertz CT molecular complexity index is 371. The molecule has 94 valence electrons. The lowest BCUT2D eigenvalue weighted by Crippen LogP contribution is -2.35. The molecule has 1 rings (SSSR count). The van der Waals surface area contributed by atoms with Gasteiger partial charge in [-0.25, -0.2) is 5.84 Å². The average Bonchev–Trinajstić information content (AvgIpc) is 2.28. The molecule has 1 unspecified atom stereocenters. The average molecular weight is 235 g/mol. The Balaban J connectivity index is 2.70.